The number of aryl methyl sites for hydroxylation is 2. The Bertz CT molecular complexity index is 882. The van der Waals surface area contributed by atoms with Crippen LogP contribution in [0.25, 0.3) is 0 Å². The largest absolute Gasteiger partial charge is 0.336 e. The van der Waals surface area contributed by atoms with Gasteiger partial charge in [0.2, 0.25) is 10.0 Å². The second-order valence-corrected chi connectivity index (χ2v) is 7.84. The van der Waals surface area contributed by atoms with Crippen LogP contribution in [0.4, 0.5) is 4.39 Å². The molecule has 0 atom stereocenters. The standard InChI is InChI=1S/C16H19FN4O3S/c1-11-15(12(2)19-18-11)25(23,24)21-8-6-20(7-9-21)16(22)13-4-3-5-14(17)10-13/h3-5,10H,6-9H2,1-2H3,(H,18,19). The van der Waals surface area contributed by atoms with Crippen LogP contribution in [-0.2, 0) is 10.0 Å². The summed E-state index contributed by atoms with van der Waals surface area (Å²) >= 11 is 0. The highest BCUT2D eigenvalue weighted by Gasteiger charge is 2.33. The van der Waals surface area contributed by atoms with E-state index in [-0.39, 0.29) is 42.5 Å². The van der Waals surface area contributed by atoms with Crippen molar-refractivity contribution in [1.82, 2.24) is 19.4 Å². The Balaban J connectivity index is 1.73. The summed E-state index contributed by atoms with van der Waals surface area (Å²) in [6.07, 6.45) is 0. The van der Waals surface area contributed by atoms with Gasteiger partial charge in [-0.1, -0.05) is 6.07 Å². The zero-order chi connectivity index (χ0) is 18.2. The van der Waals surface area contributed by atoms with Crippen LogP contribution in [0.15, 0.2) is 29.2 Å². The summed E-state index contributed by atoms with van der Waals surface area (Å²) in [5, 5.41) is 6.62. The summed E-state index contributed by atoms with van der Waals surface area (Å²) in [6.45, 7) is 4.19. The fourth-order valence-corrected chi connectivity index (χ4v) is 4.74. The minimum absolute atomic E-state index is 0.188. The summed E-state index contributed by atoms with van der Waals surface area (Å²) < 4.78 is 40.2. The van der Waals surface area contributed by atoms with Crippen molar-refractivity contribution in [1.29, 1.82) is 0 Å². The summed E-state index contributed by atoms with van der Waals surface area (Å²) in [4.78, 5) is 14.2. The van der Waals surface area contributed by atoms with E-state index in [1.807, 2.05) is 0 Å². The van der Waals surface area contributed by atoms with Crippen LogP contribution in [0.1, 0.15) is 21.7 Å². The predicted molar refractivity (Wildman–Crippen MR) is 89.1 cm³/mol. The monoisotopic (exact) mass is 366 g/mol. The second-order valence-electron chi connectivity index (χ2n) is 5.97. The van der Waals surface area contributed by atoms with Crippen molar-refractivity contribution in [2.24, 2.45) is 0 Å². The molecule has 2 aromatic rings. The van der Waals surface area contributed by atoms with E-state index in [0.29, 0.717) is 11.4 Å². The number of amides is 1. The first-order chi connectivity index (χ1) is 11.8. The molecule has 0 aliphatic carbocycles. The predicted octanol–water partition coefficient (Wildman–Crippen LogP) is 1.31. The van der Waals surface area contributed by atoms with E-state index >= 15 is 0 Å². The third-order valence-electron chi connectivity index (χ3n) is 4.26. The smallest absolute Gasteiger partial charge is 0.254 e. The van der Waals surface area contributed by atoms with Gasteiger partial charge in [0.25, 0.3) is 5.91 Å². The molecular formula is C16H19FN4O3S. The highest BCUT2D eigenvalue weighted by molar-refractivity contribution is 7.89. The number of nitrogens with zero attached hydrogens (tertiary/aromatic N) is 3. The molecule has 1 fully saturated rings. The first-order valence-corrected chi connectivity index (χ1v) is 9.31. The average molecular weight is 366 g/mol. The number of hydrogen-bond acceptors (Lipinski definition) is 4. The van der Waals surface area contributed by atoms with Crippen LogP contribution in [0, 0.1) is 19.7 Å². The number of sulfonamides is 1. The van der Waals surface area contributed by atoms with Gasteiger partial charge in [-0.25, -0.2) is 12.8 Å². The number of carbonyl (C=O) groups excluding carboxylic acids is 1. The lowest BCUT2D eigenvalue weighted by molar-refractivity contribution is 0.0697. The summed E-state index contributed by atoms with van der Waals surface area (Å²) in [5.41, 5.74) is 1.18. The molecular weight excluding hydrogens is 347 g/mol. The van der Waals surface area contributed by atoms with Gasteiger partial charge in [0.05, 0.1) is 11.4 Å². The van der Waals surface area contributed by atoms with Gasteiger partial charge < -0.3 is 4.90 Å². The topological polar surface area (TPSA) is 86.4 Å². The van der Waals surface area contributed by atoms with E-state index in [2.05, 4.69) is 10.2 Å². The van der Waals surface area contributed by atoms with Gasteiger partial charge in [-0.2, -0.15) is 9.40 Å². The number of aromatic amines is 1. The van der Waals surface area contributed by atoms with E-state index in [1.54, 1.807) is 19.9 Å². The quantitative estimate of drug-likeness (QED) is 0.887. The number of H-pyrrole nitrogens is 1. The minimum Gasteiger partial charge on any atom is -0.336 e. The fraction of sp³-hybridized carbons (Fsp3) is 0.375. The van der Waals surface area contributed by atoms with E-state index in [1.165, 1.54) is 27.4 Å². The first-order valence-electron chi connectivity index (χ1n) is 7.87. The minimum atomic E-state index is -3.66. The Morgan fingerprint density at radius 2 is 1.88 bits per heavy atom. The molecule has 0 unspecified atom stereocenters. The van der Waals surface area contributed by atoms with Crippen LogP contribution >= 0.6 is 0 Å². The van der Waals surface area contributed by atoms with Crippen LogP contribution < -0.4 is 0 Å². The van der Waals surface area contributed by atoms with Crippen LogP contribution in [0.5, 0.6) is 0 Å². The number of benzene rings is 1. The van der Waals surface area contributed by atoms with Gasteiger partial charge in [-0.3, -0.25) is 9.89 Å². The van der Waals surface area contributed by atoms with E-state index < -0.39 is 15.8 Å². The number of aromatic nitrogens is 2. The fourth-order valence-electron chi connectivity index (χ4n) is 2.99. The number of halogens is 1. The van der Waals surface area contributed by atoms with E-state index in [4.69, 9.17) is 0 Å². The Labute approximate surface area is 145 Å². The second kappa shape index (κ2) is 6.57. The first kappa shape index (κ1) is 17.6. The number of piperazine rings is 1. The average Bonchev–Trinajstić information content (AvgIpc) is 2.93. The maximum atomic E-state index is 13.3. The number of rotatable bonds is 3. The molecule has 25 heavy (non-hydrogen) atoms. The Kier molecular flexibility index (Phi) is 4.61. The Morgan fingerprint density at radius 3 is 2.44 bits per heavy atom. The van der Waals surface area contributed by atoms with Crippen molar-refractivity contribution in [3.8, 4) is 0 Å². The van der Waals surface area contributed by atoms with Crippen LogP contribution in [0.2, 0.25) is 0 Å². The molecule has 1 saturated heterocycles. The molecule has 1 N–H and O–H groups in total. The molecule has 0 bridgehead atoms. The highest BCUT2D eigenvalue weighted by atomic mass is 32.2. The molecule has 0 spiro atoms. The van der Waals surface area contributed by atoms with Gasteiger partial charge in [-0.05, 0) is 32.0 Å². The number of nitrogens with one attached hydrogen (secondary N) is 1. The third kappa shape index (κ3) is 3.29. The molecule has 9 heteroatoms. The molecule has 1 aromatic carbocycles. The van der Waals surface area contributed by atoms with Crippen molar-refractivity contribution in [2.75, 3.05) is 26.2 Å². The lowest BCUT2D eigenvalue weighted by atomic mass is 10.2. The van der Waals surface area contributed by atoms with Gasteiger partial charge >= 0.3 is 0 Å². The molecule has 1 amide bonds. The molecule has 134 valence electrons. The molecule has 1 aromatic heterocycles. The van der Waals surface area contributed by atoms with E-state index in [9.17, 15) is 17.6 Å². The van der Waals surface area contributed by atoms with Crippen LogP contribution in [0.3, 0.4) is 0 Å². The molecule has 7 nitrogen and oxygen atoms in total. The zero-order valence-electron chi connectivity index (χ0n) is 14.0. The molecule has 0 radical (unpaired) electrons. The Hall–Kier alpha value is -2.26. The summed E-state index contributed by atoms with van der Waals surface area (Å²) in [6, 6.07) is 5.49. The van der Waals surface area contributed by atoms with Crippen molar-refractivity contribution in [3.05, 3.63) is 47.0 Å². The third-order valence-corrected chi connectivity index (χ3v) is 6.42. The van der Waals surface area contributed by atoms with Crippen molar-refractivity contribution < 1.29 is 17.6 Å². The lowest BCUT2D eigenvalue weighted by Gasteiger charge is -2.34. The maximum absolute atomic E-state index is 13.3. The summed E-state index contributed by atoms with van der Waals surface area (Å²) in [5.74, 6) is -0.773. The maximum Gasteiger partial charge on any atom is 0.254 e. The summed E-state index contributed by atoms with van der Waals surface area (Å²) in [7, 11) is -3.66. The molecule has 2 heterocycles. The Morgan fingerprint density at radius 1 is 1.20 bits per heavy atom. The normalized spacial score (nSPS) is 16.2. The highest BCUT2D eigenvalue weighted by Crippen LogP contribution is 2.23. The zero-order valence-corrected chi connectivity index (χ0v) is 14.8. The molecule has 3 rings (SSSR count). The molecule has 1 aliphatic rings. The molecule has 1 aliphatic heterocycles. The van der Waals surface area contributed by atoms with Crippen LogP contribution in [-0.4, -0.2) is 59.9 Å². The van der Waals surface area contributed by atoms with Crippen molar-refractivity contribution >= 4 is 15.9 Å². The van der Waals surface area contributed by atoms with Crippen molar-refractivity contribution in [3.63, 3.8) is 0 Å². The van der Waals surface area contributed by atoms with Gasteiger partial charge in [0.1, 0.15) is 10.7 Å². The van der Waals surface area contributed by atoms with Gasteiger partial charge in [0.15, 0.2) is 0 Å². The van der Waals surface area contributed by atoms with Gasteiger partial charge in [0, 0.05) is 31.7 Å². The number of carbonyl (C=O) groups is 1. The SMILES string of the molecule is Cc1n[nH]c(C)c1S(=O)(=O)N1CCN(C(=O)c2cccc(F)c2)CC1. The number of hydrogen-bond donors (Lipinski definition) is 1. The van der Waals surface area contributed by atoms with Gasteiger partial charge in [-0.15, -0.1) is 0 Å². The lowest BCUT2D eigenvalue weighted by Crippen LogP contribution is -2.50. The molecule has 0 saturated carbocycles. The van der Waals surface area contributed by atoms with Crippen molar-refractivity contribution in [2.45, 2.75) is 18.7 Å². The van der Waals surface area contributed by atoms with E-state index in [0.717, 1.165) is 0 Å².